The van der Waals surface area contributed by atoms with Crippen molar-refractivity contribution in [2.24, 2.45) is 0 Å². The Bertz CT molecular complexity index is 573. The summed E-state index contributed by atoms with van der Waals surface area (Å²) in [7, 11) is 0. The van der Waals surface area contributed by atoms with Crippen molar-refractivity contribution in [1.29, 1.82) is 0 Å². The maximum atomic E-state index is 11.7. The van der Waals surface area contributed by atoms with Crippen molar-refractivity contribution in [2.45, 2.75) is 25.9 Å². The van der Waals surface area contributed by atoms with E-state index in [1.807, 2.05) is 55.5 Å². The van der Waals surface area contributed by atoms with Crippen LogP contribution in [0.1, 0.15) is 24.5 Å². The Kier molecular flexibility index (Phi) is 5.77. The van der Waals surface area contributed by atoms with E-state index in [2.05, 4.69) is 12.1 Å². The Morgan fingerprint density at radius 2 is 1.67 bits per heavy atom. The lowest BCUT2D eigenvalue weighted by molar-refractivity contribution is -0.142. The Labute approximate surface area is 126 Å². The number of carbonyl (C=O) groups is 1. The summed E-state index contributed by atoms with van der Waals surface area (Å²) in [5.41, 5.74) is 2.26. The number of esters is 1. The van der Waals surface area contributed by atoms with Gasteiger partial charge in [-0.05, 0) is 37.0 Å². The normalized spacial score (nSPS) is 12.2. The van der Waals surface area contributed by atoms with E-state index in [-0.39, 0.29) is 12.1 Å². The van der Waals surface area contributed by atoms with Crippen molar-refractivity contribution < 1.29 is 9.53 Å². The van der Waals surface area contributed by atoms with Gasteiger partial charge in [0.25, 0.3) is 0 Å². The average molecular weight is 280 g/mol. The Morgan fingerprint density at radius 3 is 2.33 bits per heavy atom. The van der Waals surface area contributed by atoms with Gasteiger partial charge in [-0.2, -0.15) is 0 Å². The van der Waals surface area contributed by atoms with Crippen LogP contribution < -0.4 is 0 Å². The van der Waals surface area contributed by atoms with E-state index in [1.165, 1.54) is 11.6 Å². The fourth-order valence-corrected chi connectivity index (χ4v) is 2.04. The summed E-state index contributed by atoms with van der Waals surface area (Å²) in [5, 5.41) is 0. The molecule has 0 radical (unpaired) electrons. The van der Waals surface area contributed by atoms with Gasteiger partial charge in [-0.15, -0.1) is 0 Å². The number of hydrogen-bond acceptors (Lipinski definition) is 2. The molecule has 0 N–H and O–H groups in total. The third-order valence-corrected chi connectivity index (χ3v) is 3.21. The van der Waals surface area contributed by atoms with Gasteiger partial charge < -0.3 is 4.74 Å². The molecule has 0 saturated carbocycles. The first-order chi connectivity index (χ1) is 10.2. The van der Waals surface area contributed by atoms with Gasteiger partial charge in [-0.25, -0.2) is 4.79 Å². The van der Waals surface area contributed by atoms with Gasteiger partial charge in [0.2, 0.25) is 0 Å². The third kappa shape index (κ3) is 5.65. The van der Waals surface area contributed by atoms with Gasteiger partial charge in [0, 0.05) is 6.08 Å². The van der Waals surface area contributed by atoms with Crippen LogP contribution in [0.25, 0.3) is 6.08 Å². The van der Waals surface area contributed by atoms with Crippen LogP contribution in [0.15, 0.2) is 66.7 Å². The molecule has 0 aromatic heterocycles. The predicted octanol–water partition coefficient (Wildman–Crippen LogP) is 4.26. The summed E-state index contributed by atoms with van der Waals surface area (Å²) in [6.45, 7) is 1.93. The van der Waals surface area contributed by atoms with E-state index >= 15 is 0 Å². The molecule has 2 nitrogen and oxygen atoms in total. The fraction of sp³-hybridized carbons (Fsp3) is 0.211. The topological polar surface area (TPSA) is 26.3 Å². The number of rotatable bonds is 6. The zero-order valence-electron chi connectivity index (χ0n) is 12.2. The van der Waals surface area contributed by atoms with Gasteiger partial charge in [0.1, 0.15) is 0 Å². The van der Waals surface area contributed by atoms with Crippen LogP contribution in [-0.4, -0.2) is 12.1 Å². The van der Waals surface area contributed by atoms with Gasteiger partial charge in [0.05, 0.1) is 6.10 Å². The standard InChI is InChI=1S/C19H20O2/c1-16(12-13-17-8-4-2-5-9-17)21-19(20)15-14-18-10-6-3-7-11-18/h2-11,14-16H,12-13H2,1H3/b15-14+. The van der Waals surface area contributed by atoms with E-state index in [0.29, 0.717) is 0 Å². The molecule has 0 bridgehead atoms. The molecule has 0 aliphatic heterocycles. The fourth-order valence-electron chi connectivity index (χ4n) is 2.04. The number of hydrogen-bond donors (Lipinski definition) is 0. The predicted molar refractivity (Wildman–Crippen MR) is 85.8 cm³/mol. The number of ether oxygens (including phenoxy) is 1. The number of benzene rings is 2. The maximum absolute atomic E-state index is 11.7. The van der Waals surface area contributed by atoms with Crippen LogP contribution in [0.4, 0.5) is 0 Å². The molecule has 0 aliphatic rings. The summed E-state index contributed by atoms with van der Waals surface area (Å²) in [5.74, 6) is -0.292. The van der Waals surface area contributed by atoms with E-state index in [9.17, 15) is 4.79 Å². The first-order valence-electron chi connectivity index (χ1n) is 7.22. The molecular formula is C19H20O2. The molecule has 2 heteroatoms. The summed E-state index contributed by atoms with van der Waals surface area (Å²) in [6.07, 6.45) is 4.91. The van der Waals surface area contributed by atoms with Crippen molar-refractivity contribution in [3.8, 4) is 0 Å². The largest absolute Gasteiger partial charge is 0.460 e. The van der Waals surface area contributed by atoms with Crippen molar-refractivity contribution in [3.05, 3.63) is 77.9 Å². The van der Waals surface area contributed by atoms with Crippen LogP contribution in [0, 0.1) is 0 Å². The zero-order chi connectivity index (χ0) is 14.9. The monoisotopic (exact) mass is 280 g/mol. The molecule has 2 aromatic carbocycles. The molecule has 2 rings (SSSR count). The smallest absolute Gasteiger partial charge is 0.331 e. The second-order valence-electron chi connectivity index (χ2n) is 5.02. The highest BCUT2D eigenvalue weighted by Crippen LogP contribution is 2.08. The molecular weight excluding hydrogens is 260 g/mol. The van der Waals surface area contributed by atoms with Crippen molar-refractivity contribution in [2.75, 3.05) is 0 Å². The quantitative estimate of drug-likeness (QED) is 0.583. The summed E-state index contributed by atoms with van der Waals surface area (Å²) in [6, 6.07) is 19.9. The molecule has 1 atom stereocenters. The van der Waals surface area contributed by atoms with E-state index < -0.39 is 0 Å². The van der Waals surface area contributed by atoms with Gasteiger partial charge in [-0.1, -0.05) is 60.7 Å². The lowest BCUT2D eigenvalue weighted by Crippen LogP contribution is -2.13. The van der Waals surface area contributed by atoms with Gasteiger partial charge >= 0.3 is 5.97 Å². The highest BCUT2D eigenvalue weighted by atomic mass is 16.5. The molecule has 0 saturated heterocycles. The van der Waals surface area contributed by atoms with Gasteiger partial charge in [-0.3, -0.25) is 0 Å². The van der Waals surface area contributed by atoms with Gasteiger partial charge in [0.15, 0.2) is 0 Å². The minimum absolute atomic E-state index is 0.0851. The van der Waals surface area contributed by atoms with E-state index in [0.717, 1.165) is 18.4 Å². The Hall–Kier alpha value is -2.35. The third-order valence-electron chi connectivity index (χ3n) is 3.21. The van der Waals surface area contributed by atoms with Crippen LogP contribution in [-0.2, 0) is 16.0 Å². The van der Waals surface area contributed by atoms with Crippen LogP contribution in [0.2, 0.25) is 0 Å². The summed E-state index contributed by atoms with van der Waals surface area (Å²) >= 11 is 0. The molecule has 0 amide bonds. The maximum Gasteiger partial charge on any atom is 0.331 e. The Morgan fingerprint density at radius 1 is 1.05 bits per heavy atom. The SMILES string of the molecule is CC(CCc1ccccc1)OC(=O)/C=C/c1ccccc1. The van der Waals surface area contributed by atoms with Crippen molar-refractivity contribution in [1.82, 2.24) is 0 Å². The molecule has 0 aliphatic carbocycles. The summed E-state index contributed by atoms with van der Waals surface area (Å²) < 4.78 is 5.37. The van der Waals surface area contributed by atoms with Crippen LogP contribution in [0.3, 0.4) is 0 Å². The Balaban J connectivity index is 1.76. The zero-order valence-corrected chi connectivity index (χ0v) is 12.2. The van der Waals surface area contributed by atoms with Crippen LogP contribution >= 0.6 is 0 Å². The molecule has 0 fully saturated rings. The highest BCUT2D eigenvalue weighted by Gasteiger charge is 2.07. The van der Waals surface area contributed by atoms with Crippen molar-refractivity contribution in [3.63, 3.8) is 0 Å². The number of carbonyl (C=O) groups excluding carboxylic acids is 1. The molecule has 0 heterocycles. The van der Waals surface area contributed by atoms with E-state index in [4.69, 9.17) is 4.74 Å². The molecule has 108 valence electrons. The second-order valence-corrected chi connectivity index (χ2v) is 5.02. The minimum atomic E-state index is -0.292. The molecule has 1 unspecified atom stereocenters. The first kappa shape index (κ1) is 15.0. The molecule has 2 aromatic rings. The number of aryl methyl sites for hydroxylation is 1. The molecule has 0 spiro atoms. The second kappa shape index (κ2) is 8.05. The highest BCUT2D eigenvalue weighted by molar-refractivity contribution is 5.87. The average Bonchev–Trinajstić information content (AvgIpc) is 2.53. The minimum Gasteiger partial charge on any atom is -0.460 e. The lowest BCUT2D eigenvalue weighted by Gasteiger charge is -2.11. The summed E-state index contributed by atoms with van der Waals surface area (Å²) in [4.78, 5) is 11.7. The lowest BCUT2D eigenvalue weighted by atomic mass is 10.1. The molecule has 21 heavy (non-hydrogen) atoms. The van der Waals surface area contributed by atoms with E-state index in [1.54, 1.807) is 6.08 Å². The van der Waals surface area contributed by atoms with Crippen molar-refractivity contribution >= 4 is 12.0 Å². The first-order valence-corrected chi connectivity index (χ1v) is 7.22. The van der Waals surface area contributed by atoms with Crippen LogP contribution in [0.5, 0.6) is 0 Å².